The van der Waals surface area contributed by atoms with Gasteiger partial charge >= 0.3 is 0 Å². The maximum Gasteiger partial charge on any atom is 0.170 e. The number of aliphatic hydroxyl groups excluding tert-OH is 1. The standard InChI is InChI=1S/C13H18FN3O3/c14-12-5-9(13(15)16-19)1-2-10(12)6-17-3-4-20-11(7-17)8-18/h1-2,5,11,18-19H,3-4,6-8H2,(H2,15,16). The molecule has 0 amide bonds. The molecule has 4 N–H and O–H groups in total. The number of ether oxygens (including phenoxy) is 1. The minimum absolute atomic E-state index is 0.0403. The van der Waals surface area contributed by atoms with Crippen LogP contribution < -0.4 is 5.73 Å². The van der Waals surface area contributed by atoms with Gasteiger partial charge in [-0.1, -0.05) is 17.3 Å². The minimum Gasteiger partial charge on any atom is -0.409 e. The summed E-state index contributed by atoms with van der Waals surface area (Å²) in [7, 11) is 0. The molecule has 0 spiro atoms. The first kappa shape index (κ1) is 14.7. The Labute approximate surface area is 116 Å². The molecule has 1 aromatic carbocycles. The van der Waals surface area contributed by atoms with Crippen LogP contribution in [0, 0.1) is 5.82 Å². The van der Waals surface area contributed by atoms with Gasteiger partial charge in [0, 0.05) is 30.8 Å². The maximum atomic E-state index is 14.0. The van der Waals surface area contributed by atoms with Crippen LogP contribution >= 0.6 is 0 Å². The molecule has 0 bridgehead atoms. The zero-order valence-corrected chi connectivity index (χ0v) is 11.0. The molecular formula is C13H18FN3O3. The molecule has 0 aliphatic carbocycles. The number of aliphatic hydroxyl groups is 1. The van der Waals surface area contributed by atoms with E-state index < -0.39 is 5.82 Å². The first-order valence-electron chi connectivity index (χ1n) is 6.35. The Morgan fingerprint density at radius 3 is 3.00 bits per heavy atom. The summed E-state index contributed by atoms with van der Waals surface area (Å²) in [6.45, 7) is 2.18. The summed E-state index contributed by atoms with van der Waals surface area (Å²) < 4.78 is 19.3. The van der Waals surface area contributed by atoms with Crippen molar-refractivity contribution in [1.29, 1.82) is 0 Å². The number of morpholine rings is 1. The van der Waals surface area contributed by atoms with E-state index >= 15 is 0 Å². The van der Waals surface area contributed by atoms with Crippen molar-refractivity contribution in [2.24, 2.45) is 10.9 Å². The molecular weight excluding hydrogens is 265 g/mol. The van der Waals surface area contributed by atoms with Gasteiger partial charge in [0.25, 0.3) is 0 Å². The average molecular weight is 283 g/mol. The van der Waals surface area contributed by atoms with E-state index in [-0.39, 0.29) is 18.5 Å². The number of hydrogen-bond acceptors (Lipinski definition) is 5. The van der Waals surface area contributed by atoms with Crippen molar-refractivity contribution in [3.8, 4) is 0 Å². The molecule has 1 saturated heterocycles. The van der Waals surface area contributed by atoms with Gasteiger partial charge in [0.1, 0.15) is 5.82 Å². The lowest BCUT2D eigenvalue weighted by Crippen LogP contribution is -2.43. The zero-order chi connectivity index (χ0) is 14.5. The molecule has 20 heavy (non-hydrogen) atoms. The molecule has 1 heterocycles. The molecule has 6 nitrogen and oxygen atoms in total. The van der Waals surface area contributed by atoms with Crippen molar-refractivity contribution in [2.45, 2.75) is 12.6 Å². The number of amidine groups is 1. The lowest BCUT2D eigenvalue weighted by atomic mass is 10.1. The Bertz CT molecular complexity index is 496. The second-order valence-corrected chi connectivity index (χ2v) is 4.70. The van der Waals surface area contributed by atoms with E-state index in [1.165, 1.54) is 6.07 Å². The molecule has 1 fully saturated rings. The van der Waals surface area contributed by atoms with E-state index in [1.54, 1.807) is 12.1 Å². The van der Waals surface area contributed by atoms with Gasteiger partial charge in [0.05, 0.1) is 19.3 Å². The van der Waals surface area contributed by atoms with Crippen LogP contribution in [0.1, 0.15) is 11.1 Å². The summed E-state index contributed by atoms with van der Waals surface area (Å²) >= 11 is 0. The van der Waals surface area contributed by atoms with Gasteiger partial charge in [-0.15, -0.1) is 0 Å². The van der Waals surface area contributed by atoms with Crippen molar-refractivity contribution in [1.82, 2.24) is 4.90 Å². The molecule has 1 aliphatic rings. The van der Waals surface area contributed by atoms with Crippen LogP contribution in [-0.4, -0.2) is 53.5 Å². The van der Waals surface area contributed by atoms with Gasteiger partial charge in [-0.2, -0.15) is 0 Å². The van der Waals surface area contributed by atoms with Crippen LogP contribution in [0.3, 0.4) is 0 Å². The summed E-state index contributed by atoms with van der Waals surface area (Å²) in [5, 5.41) is 20.5. The SMILES string of the molecule is N/C(=N/O)c1ccc(CN2CCOC(CO)C2)c(F)c1. The van der Waals surface area contributed by atoms with Gasteiger partial charge < -0.3 is 20.8 Å². The Balaban J connectivity index is 2.06. The van der Waals surface area contributed by atoms with Gasteiger partial charge in [-0.05, 0) is 6.07 Å². The normalized spacial score (nSPS) is 21.1. The fourth-order valence-electron chi connectivity index (χ4n) is 2.17. The molecule has 1 aromatic rings. The number of nitrogens with zero attached hydrogens (tertiary/aromatic N) is 2. The largest absolute Gasteiger partial charge is 0.409 e. The maximum absolute atomic E-state index is 14.0. The van der Waals surface area contributed by atoms with Crippen LogP contribution in [0.5, 0.6) is 0 Å². The van der Waals surface area contributed by atoms with E-state index in [0.717, 1.165) is 0 Å². The number of hydrogen-bond donors (Lipinski definition) is 3. The quantitative estimate of drug-likeness (QED) is 0.316. The Kier molecular flexibility index (Phi) is 4.89. The highest BCUT2D eigenvalue weighted by molar-refractivity contribution is 5.97. The second kappa shape index (κ2) is 6.65. The molecule has 0 aromatic heterocycles. The van der Waals surface area contributed by atoms with Crippen LogP contribution in [0.4, 0.5) is 4.39 Å². The van der Waals surface area contributed by atoms with Crippen molar-refractivity contribution >= 4 is 5.84 Å². The van der Waals surface area contributed by atoms with Crippen molar-refractivity contribution in [3.63, 3.8) is 0 Å². The molecule has 0 radical (unpaired) electrons. The number of benzene rings is 1. The predicted octanol–water partition coefficient (Wildman–Crippen LogP) is 0.113. The topological polar surface area (TPSA) is 91.3 Å². The minimum atomic E-state index is -0.402. The van der Waals surface area contributed by atoms with Gasteiger partial charge in [0.2, 0.25) is 0 Å². The van der Waals surface area contributed by atoms with Crippen LogP contribution in [0.25, 0.3) is 0 Å². The number of halogens is 1. The number of nitrogens with two attached hydrogens (primary N) is 1. The Morgan fingerprint density at radius 1 is 1.55 bits per heavy atom. The molecule has 1 aliphatic heterocycles. The highest BCUT2D eigenvalue weighted by Crippen LogP contribution is 2.15. The smallest absolute Gasteiger partial charge is 0.170 e. The fourth-order valence-corrected chi connectivity index (χ4v) is 2.17. The molecule has 2 rings (SSSR count). The van der Waals surface area contributed by atoms with Crippen LogP contribution in [0.15, 0.2) is 23.4 Å². The Hall–Kier alpha value is -1.70. The van der Waals surface area contributed by atoms with E-state index in [1.807, 2.05) is 4.90 Å². The predicted molar refractivity (Wildman–Crippen MR) is 71.0 cm³/mol. The summed E-state index contributed by atoms with van der Waals surface area (Å²) in [5.74, 6) is -0.525. The molecule has 1 unspecified atom stereocenters. The van der Waals surface area contributed by atoms with Crippen molar-refractivity contribution < 1.29 is 19.4 Å². The van der Waals surface area contributed by atoms with E-state index in [2.05, 4.69) is 5.16 Å². The Morgan fingerprint density at radius 2 is 2.35 bits per heavy atom. The monoisotopic (exact) mass is 283 g/mol. The average Bonchev–Trinajstić information content (AvgIpc) is 2.48. The zero-order valence-electron chi connectivity index (χ0n) is 11.0. The van der Waals surface area contributed by atoms with Crippen LogP contribution in [0.2, 0.25) is 0 Å². The number of oxime groups is 1. The third-order valence-corrected chi connectivity index (χ3v) is 3.28. The number of rotatable bonds is 4. The van der Waals surface area contributed by atoms with E-state index in [9.17, 15) is 4.39 Å². The van der Waals surface area contributed by atoms with Gasteiger partial charge in [-0.25, -0.2) is 4.39 Å². The molecule has 0 saturated carbocycles. The van der Waals surface area contributed by atoms with E-state index in [0.29, 0.717) is 37.4 Å². The molecule has 7 heteroatoms. The summed E-state index contributed by atoms with van der Waals surface area (Å²) in [6.07, 6.45) is -0.219. The molecule has 1 atom stereocenters. The van der Waals surface area contributed by atoms with Gasteiger partial charge in [-0.3, -0.25) is 4.90 Å². The first-order valence-corrected chi connectivity index (χ1v) is 6.35. The summed E-state index contributed by atoms with van der Waals surface area (Å²) in [4.78, 5) is 2.02. The second-order valence-electron chi connectivity index (χ2n) is 4.70. The van der Waals surface area contributed by atoms with Gasteiger partial charge in [0.15, 0.2) is 5.84 Å². The van der Waals surface area contributed by atoms with Crippen molar-refractivity contribution in [3.05, 3.63) is 35.1 Å². The fraction of sp³-hybridized carbons (Fsp3) is 0.462. The first-order chi connectivity index (χ1) is 9.63. The third kappa shape index (κ3) is 3.44. The third-order valence-electron chi connectivity index (χ3n) is 3.28. The molecule has 110 valence electrons. The lowest BCUT2D eigenvalue weighted by molar-refractivity contribution is -0.0553. The summed E-state index contributed by atoms with van der Waals surface area (Å²) in [6, 6.07) is 4.47. The highest BCUT2D eigenvalue weighted by Gasteiger charge is 2.20. The van der Waals surface area contributed by atoms with Crippen LogP contribution in [-0.2, 0) is 11.3 Å². The highest BCUT2D eigenvalue weighted by atomic mass is 19.1. The lowest BCUT2D eigenvalue weighted by Gasteiger charge is -2.32. The van der Waals surface area contributed by atoms with E-state index in [4.69, 9.17) is 20.8 Å². The van der Waals surface area contributed by atoms with Crippen molar-refractivity contribution in [2.75, 3.05) is 26.3 Å². The summed E-state index contributed by atoms with van der Waals surface area (Å²) in [5.41, 5.74) is 6.28.